The fourth-order valence-electron chi connectivity index (χ4n) is 5.34. The number of ketones is 1. The van der Waals surface area contributed by atoms with E-state index in [0.717, 1.165) is 24.0 Å². The van der Waals surface area contributed by atoms with Gasteiger partial charge < -0.3 is 19.5 Å². The van der Waals surface area contributed by atoms with Gasteiger partial charge in [-0.2, -0.15) is 5.26 Å². The molecule has 1 heterocycles. The smallest absolute Gasteiger partial charge is 0.315 e. The highest BCUT2D eigenvalue weighted by molar-refractivity contribution is 6.01. The maximum absolute atomic E-state index is 13.4. The summed E-state index contributed by atoms with van der Waals surface area (Å²) in [5.41, 5.74) is 3.18. The third kappa shape index (κ3) is 5.75. The molecule has 3 atom stereocenters. The Labute approximate surface area is 228 Å². The fourth-order valence-corrected chi connectivity index (χ4v) is 5.34. The summed E-state index contributed by atoms with van der Waals surface area (Å²) >= 11 is 0. The predicted octanol–water partition coefficient (Wildman–Crippen LogP) is 5.75. The molecule has 1 aliphatic carbocycles. The van der Waals surface area contributed by atoms with Gasteiger partial charge in [0, 0.05) is 35.7 Å². The SMILES string of the molecule is CCCC1=CC2=C(C(=O)C1)C(c1cc(OCC)c(OCc3cccc(OC)c3)c([N+](=O)[O-])c1)C(C#N)C(C)N2. The summed E-state index contributed by atoms with van der Waals surface area (Å²) in [5, 5.41) is 25.7. The van der Waals surface area contributed by atoms with Crippen molar-refractivity contribution < 1.29 is 23.9 Å². The molecule has 9 heteroatoms. The molecule has 9 nitrogen and oxygen atoms in total. The number of allylic oxidation sites excluding steroid dienone is 3. The van der Waals surface area contributed by atoms with Crippen molar-refractivity contribution in [3.05, 3.63) is 80.6 Å². The summed E-state index contributed by atoms with van der Waals surface area (Å²) in [7, 11) is 1.56. The minimum Gasteiger partial charge on any atom is -0.497 e. The predicted molar refractivity (Wildman–Crippen MR) is 146 cm³/mol. The summed E-state index contributed by atoms with van der Waals surface area (Å²) in [6.45, 7) is 6.03. The van der Waals surface area contributed by atoms with Gasteiger partial charge in [-0.05, 0) is 55.7 Å². The summed E-state index contributed by atoms with van der Waals surface area (Å²) in [5.74, 6) is -0.506. The average molecular weight is 532 g/mol. The first kappa shape index (κ1) is 27.7. The van der Waals surface area contributed by atoms with Gasteiger partial charge in [-0.3, -0.25) is 14.9 Å². The molecule has 0 spiro atoms. The Morgan fingerprint density at radius 1 is 1.21 bits per heavy atom. The standard InChI is InChI=1S/C30H33N3O6/c1-5-8-19-12-24-29(26(34)13-19)28(23(16-31)18(3)32-24)21-14-25(33(35)36)30(27(15-21)38-6-2)39-17-20-9-7-10-22(11-20)37-4/h7,9-12,14-15,18,23,28,32H,5-6,8,13,17H2,1-4H3. The zero-order chi connectivity index (χ0) is 28.1. The van der Waals surface area contributed by atoms with Crippen LogP contribution in [-0.4, -0.2) is 30.5 Å². The molecule has 39 heavy (non-hydrogen) atoms. The number of methoxy groups -OCH3 is 1. The zero-order valence-corrected chi connectivity index (χ0v) is 22.7. The molecule has 2 aromatic carbocycles. The summed E-state index contributed by atoms with van der Waals surface area (Å²) in [6.07, 6.45) is 4.01. The van der Waals surface area contributed by atoms with Crippen LogP contribution in [0.15, 0.2) is 59.3 Å². The van der Waals surface area contributed by atoms with Crippen LogP contribution in [0, 0.1) is 27.4 Å². The number of nitrogens with one attached hydrogen (secondary N) is 1. The first-order chi connectivity index (χ1) is 18.8. The number of nitrogens with zero attached hydrogens (tertiary/aromatic N) is 2. The highest BCUT2D eigenvalue weighted by Gasteiger charge is 2.42. The molecule has 3 unspecified atom stereocenters. The maximum Gasteiger partial charge on any atom is 0.315 e. The molecule has 204 valence electrons. The van der Waals surface area contributed by atoms with E-state index in [0.29, 0.717) is 22.6 Å². The quantitative estimate of drug-likeness (QED) is 0.304. The van der Waals surface area contributed by atoms with Crippen molar-refractivity contribution in [3.63, 3.8) is 0 Å². The molecule has 0 bridgehead atoms. The Morgan fingerprint density at radius 3 is 2.67 bits per heavy atom. The number of benzene rings is 2. The van der Waals surface area contributed by atoms with Gasteiger partial charge in [0.2, 0.25) is 5.75 Å². The average Bonchev–Trinajstić information content (AvgIpc) is 2.91. The Kier molecular flexibility index (Phi) is 8.55. The van der Waals surface area contributed by atoms with Crippen molar-refractivity contribution in [1.82, 2.24) is 5.32 Å². The molecule has 1 N–H and O–H groups in total. The third-order valence-corrected chi connectivity index (χ3v) is 7.07. The second-order valence-electron chi connectivity index (χ2n) is 9.74. The van der Waals surface area contributed by atoms with E-state index in [1.165, 1.54) is 6.07 Å². The lowest BCUT2D eigenvalue weighted by Crippen LogP contribution is -2.44. The van der Waals surface area contributed by atoms with Gasteiger partial charge in [0.1, 0.15) is 12.4 Å². The lowest BCUT2D eigenvalue weighted by molar-refractivity contribution is -0.386. The van der Waals surface area contributed by atoms with Crippen LogP contribution in [0.1, 0.15) is 57.1 Å². The Hall–Kier alpha value is -4.32. The van der Waals surface area contributed by atoms with Crippen LogP contribution in [0.2, 0.25) is 0 Å². The van der Waals surface area contributed by atoms with Gasteiger partial charge in [0.15, 0.2) is 11.5 Å². The van der Waals surface area contributed by atoms with E-state index in [-0.39, 0.29) is 48.6 Å². The Bertz CT molecular complexity index is 1370. The molecular formula is C30H33N3O6. The van der Waals surface area contributed by atoms with Gasteiger partial charge in [-0.25, -0.2) is 0 Å². The van der Waals surface area contributed by atoms with Gasteiger partial charge in [-0.1, -0.05) is 31.1 Å². The van der Waals surface area contributed by atoms with E-state index >= 15 is 0 Å². The van der Waals surface area contributed by atoms with Crippen LogP contribution in [0.3, 0.4) is 0 Å². The van der Waals surface area contributed by atoms with E-state index < -0.39 is 16.8 Å². The van der Waals surface area contributed by atoms with Gasteiger partial charge >= 0.3 is 5.69 Å². The van der Waals surface area contributed by atoms with E-state index in [1.807, 2.05) is 25.1 Å². The molecule has 2 aliphatic rings. The van der Waals surface area contributed by atoms with Gasteiger partial charge in [0.05, 0.1) is 30.6 Å². The second-order valence-corrected chi connectivity index (χ2v) is 9.74. The van der Waals surface area contributed by atoms with Crippen LogP contribution < -0.4 is 19.5 Å². The van der Waals surface area contributed by atoms with E-state index in [1.54, 1.807) is 32.2 Å². The van der Waals surface area contributed by atoms with Crippen molar-refractivity contribution >= 4 is 11.5 Å². The number of carbonyl (C=O) groups is 1. The molecule has 4 rings (SSSR count). The number of carbonyl (C=O) groups excluding carboxylic acids is 1. The monoisotopic (exact) mass is 531 g/mol. The first-order valence-corrected chi connectivity index (χ1v) is 13.1. The minimum atomic E-state index is -0.654. The number of nitriles is 1. The van der Waals surface area contributed by atoms with Gasteiger partial charge in [-0.15, -0.1) is 0 Å². The molecule has 0 fully saturated rings. The van der Waals surface area contributed by atoms with Crippen molar-refractivity contribution in [3.8, 4) is 23.3 Å². The molecule has 0 saturated heterocycles. The number of ether oxygens (including phenoxy) is 3. The van der Waals surface area contributed by atoms with E-state index in [4.69, 9.17) is 14.2 Å². The second kappa shape index (κ2) is 12.0. The lowest BCUT2D eigenvalue weighted by Gasteiger charge is -2.38. The van der Waals surface area contributed by atoms with E-state index in [9.17, 15) is 20.2 Å². The molecule has 0 radical (unpaired) electrons. The van der Waals surface area contributed by atoms with E-state index in [2.05, 4.69) is 18.3 Å². The van der Waals surface area contributed by atoms with Crippen LogP contribution in [0.4, 0.5) is 5.69 Å². The van der Waals surface area contributed by atoms with Crippen molar-refractivity contribution in [1.29, 1.82) is 5.26 Å². The number of hydrogen-bond donors (Lipinski definition) is 1. The molecule has 0 aromatic heterocycles. The Balaban J connectivity index is 1.82. The Morgan fingerprint density at radius 2 is 2.00 bits per heavy atom. The highest BCUT2D eigenvalue weighted by atomic mass is 16.6. The number of rotatable bonds is 10. The molecular weight excluding hydrogens is 498 g/mol. The van der Waals surface area contributed by atoms with Gasteiger partial charge in [0.25, 0.3) is 0 Å². The summed E-state index contributed by atoms with van der Waals surface area (Å²) in [6, 6.07) is 12.4. The van der Waals surface area contributed by atoms with Crippen LogP contribution in [0.25, 0.3) is 0 Å². The first-order valence-electron chi connectivity index (χ1n) is 13.1. The van der Waals surface area contributed by atoms with Crippen molar-refractivity contribution in [2.75, 3.05) is 13.7 Å². The maximum atomic E-state index is 13.4. The number of nitro benzene ring substituents is 1. The molecule has 0 saturated carbocycles. The summed E-state index contributed by atoms with van der Waals surface area (Å²) in [4.78, 5) is 25.2. The van der Waals surface area contributed by atoms with Crippen molar-refractivity contribution in [2.45, 2.75) is 58.6 Å². The summed E-state index contributed by atoms with van der Waals surface area (Å²) < 4.78 is 17.1. The molecule has 0 amide bonds. The topological polar surface area (TPSA) is 124 Å². The molecule has 1 aliphatic heterocycles. The minimum absolute atomic E-state index is 0.00166. The number of Topliss-reactive ketones (excluding diaryl/α,β-unsaturated/α-hetero) is 1. The normalized spacial score (nSPS) is 20.3. The fraction of sp³-hybridized carbons (Fsp3) is 0.400. The molecule has 2 aromatic rings. The van der Waals surface area contributed by atoms with Crippen molar-refractivity contribution in [2.24, 2.45) is 5.92 Å². The largest absolute Gasteiger partial charge is 0.497 e. The number of nitro groups is 1. The third-order valence-electron chi connectivity index (χ3n) is 7.07. The number of hydrogen-bond acceptors (Lipinski definition) is 8. The van der Waals surface area contributed by atoms with Crippen LogP contribution >= 0.6 is 0 Å². The van der Waals surface area contributed by atoms with Crippen LogP contribution in [0.5, 0.6) is 17.2 Å². The highest BCUT2D eigenvalue weighted by Crippen LogP contribution is 2.47. The van der Waals surface area contributed by atoms with Crippen LogP contribution in [-0.2, 0) is 11.4 Å². The lowest BCUT2D eigenvalue weighted by atomic mass is 9.70. The zero-order valence-electron chi connectivity index (χ0n) is 22.7.